The monoisotopic (exact) mass is 302 g/mol. The molecule has 1 unspecified atom stereocenters. The van der Waals surface area contributed by atoms with Crippen molar-refractivity contribution in [1.82, 2.24) is 0 Å². The minimum atomic E-state index is -0.284. The van der Waals surface area contributed by atoms with Crippen molar-refractivity contribution in [2.45, 2.75) is 58.8 Å². The number of ether oxygens (including phenoxy) is 2. The number of rotatable bonds is 5. The van der Waals surface area contributed by atoms with E-state index >= 15 is 0 Å². The number of aryl methyl sites for hydroxylation is 1. The topological polar surface area (TPSA) is 35.5 Å². The van der Waals surface area contributed by atoms with Crippen LogP contribution in [0, 0.1) is 0 Å². The molecule has 120 valence electrons. The zero-order valence-corrected chi connectivity index (χ0v) is 14.1. The van der Waals surface area contributed by atoms with Crippen LogP contribution < -0.4 is 9.47 Å². The van der Waals surface area contributed by atoms with Crippen LogP contribution in [-0.2, 0) is 11.2 Å². The molecule has 1 atom stereocenters. The predicted octanol–water partition coefficient (Wildman–Crippen LogP) is 4.79. The van der Waals surface area contributed by atoms with Gasteiger partial charge in [-0.3, -0.25) is 4.79 Å². The number of carbonyl (C=O) groups is 1. The highest BCUT2D eigenvalue weighted by molar-refractivity contribution is 5.71. The van der Waals surface area contributed by atoms with Crippen LogP contribution in [0.4, 0.5) is 0 Å². The van der Waals surface area contributed by atoms with Gasteiger partial charge in [-0.25, -0.2) is 0 Å². The van der Waals surface area contributed by atoms with Gasteiger partial charge in [0, 0.05) is 18.4 Å². The second-order valence-corrected chi connectivity index (χ2v) is 6.07. The molecular weight excluding hydrogens is 276 g/mol. The Morgan fingerprint density at radius 3 is 2.64 bits per heavy atom. The fraction of sp³-hybridized carbons (Fsp3) is 0.526. The van der Waals surface area contributed by atoms with E-state index in [1.807, 2.05) is 6.07 Å². The molecular formula is C19H26O3. The van der Waals surface area contributed by atoms with Crippen LogP contribution in [0.15, 0.2) is 23.8 Å². The summed E-state index contributed by atoms with van der Waals surface area (Å²) in [5.41, 5.74) is 3.55. The Labute approximate surface area is 133 Å². The third-order valence-electron chi connectivity index (χ3n) is 4.12. The number of carbonyl (C=O) groups excluding carboxylic acids is 1. The highest BCUT2D eigenvalue weighted by Gasteiger charge is 2.23. The maximum Gasteiger partial charge on any atom is 0.308 e. The third kappa shape index (κ3) is 3.90. The first-order chi connectivity index (χ1) is 10.5. The van der Waals surface area contributed by atoms with Gasteiger partial charge in [-0.2, -0.15) is 0 Å². The van der Waals surface area contributed by atoms with E-state index in [9.17, 15) is 4.79 Å². The van der Waals surface area contributed by atoms with Crippen molar-refractivity contribution in [2.75, 3.05) is 7.11 Å². The number of methoxy groups -OCH3 is 1. The smallest absolute Gasteiger partial charge is 0.308 e. The van der Waals surface area contributed by atoms with Crippen molar-refractivity contribution in [3.8, 4) is 11.5 Å². The van der Waals surface area contributed by atoms with E-state index in [1.54, 1.807) is 7.11 Å². The lowest BCUT2D eigenvalue weighted by Crippen LogP contribution is -2.10. The van der Waals surface area contributed by atoms with E-state index in [1.165, 1.54) is 12.5 Å². The zero-order chi connectivity index (χ0) is 16.1. The lowest BCUT2D eigenvalue weighted by molar-refractivity contribution is -0.131. The molecule has 1 aliphatic rings. The zero-order valence-electron chi connectivity index (χ0n) is 14.1. The van der Waals surface area contributed by atoms with Crippen molar-refractivity contribution in [3.63, 3.8) is 0 Å². The van der Waals surface area contributed by atoms with Crippen molar-refractivity contribution < 1.29 is 14.3 Å². The lowest BCUT2D eigenvalue weighted by atomic mass is 9.84. The molecule has 0 N–H and O–H groups in total. The molecule has 2 rings (SSSR count). The van der Waals surface area contributed by atoms with E-state index < -0.39 is 0 Å². The average molecular weight is 302 g/mol. The van der Waals surface area contributed by atoms with Crippen LogP contribution in [0.25, 0.3) is 0 Å². The average Bonchev–Trinajstić information content (AvgIpc) is 2.46. The SMILES string of the molecule is CCCc1cc(OC)c(C2C=C(C)CCC2)c(OC(C)=O)c1. The maximum atomic E-state index is 11.5. The fourth-order valence-electron chi connectivity index (χ4n) is 3.20. The maximum absolute atomic E-state index is 11.5. The van der Waals surface area contributed by atoms with Gasteiger partial charge >= 0.3 is 5.97 Å². The van der Waals surface area contributed by atoms with Crippen molar-refractivity contribution >= 4 is 5.97 Å². The summed E-state index contributed by atoms with van der Waals surface area (Å²) in [7, 11) is 1.69. The molecule has 1 aromatic rings. The van der Waals surface area contributed by atoms with Crippen LogP contribution in [0.1, 0.15) is 63.5 Å². The summed E-state index contributed by atoms with van der Waals surface area (Å²) in [5.74, 6) is 1.46. The molecule has 0 heterocycles. The summed E-state index contributed by atoms with van der Waals surface area (Å²) in [6.45, 7) is 5.75. The Bertz CT molecular complexity index is 572. The quantitative estimate of drug-likeness (QED) is 0.446. The summed E-state index contributed by atoms with van der Waals surface area (Å²) in [6, 6.07) is 4.09. The predicted molar refractivity (Wildman–Crippen MR) is 88.6 cm³/mol. The van der Waals surface area contributed by atoms with Crippen molar-refractivity contribution in [1.29, 1.82) is 0 Å². The molecule has 0 amide bonds. The first kappa shape index (κ1) is 16.6. The minimum Gasteiger partial charge on any atom is -0.496 e. The first-order valence-corrected chi connectivity index (χ1v) is 8.11. The van der Waals surface area contributed by atoms with Gasteiger partial charge in [-0.1, -0.05) is 25.0 Å². The number of esters is 1. The summed E-state index contributed by atoms with van der Waals surface area (Å²) in [5, 5.41) is 0. The van der Waals surface area contributed by atoms with Crippen LogP contribution in [0.2, 0.25) is 0 Å². The molecule has 1 aliphatic carbocycles. The van der Waals surface area contributed by atoms with E-state index in [2.05, 4.69) is 26.0 Å². The van der Waals surface area contributed by atoms with Crippen LogP contribution >= 0.6 is 0 Å². The van der Waals surface area contributed by atoms with E-state index in [-0.39, 0.29) is 11.9 Å². The molecule has 0 spiro atoms. The highest BCUT2D eigenvalue weighted by atomic mass is 16.5. The summed E-state index contributed by atoms with van der Waals surface area (Å²) < 4.78 is 11.1. The molecule has 0 saturated heterocycles. The largest absolute Gasteiger partial charge is 0.496 e. The van der Waals surface area contributed by atoms with Gasteiger partial charge in [-0.15, -0.1) is 0 Å². The van der Waals surface area contributed by atoms with Crippen LogP contribution in [0.3, 0.4) is 0 Å². The number of benzene rings is 1. The van der Waals surface area contributed by atoms with Crippen molar-refractivity contribution in [3.05, 3.63) is 34.9 Å². The third-order valence-corrected chi connectivity index (χ3v) is 4.12. The Kier molecular flexibility index (Phi) is 5.64. The Morgan fingerprint density at radius 2 is 2.05 bits per heavy atom. The second-order valence-electron chi connectivity index (χ2n) is 6.07. The van der Waals surface area contributed by atoms with Gasteiger partial charge in [0.15, 0.2) is 0 Å². The second kappa shape index (κ2) is 7.48. The summed E-state index contributed by atoms with van der Waals surface area (Å²) in [6.07, 6.45) is 7.65. The number of hydrogen-bond acceptors (Lipinski definition) is 3. The molecule has 0 saturated carbocycles. The molecule has 0 aromatic heterocycles. The Morgan fingerprint density at radius 1 is 1.32 bits per heavy atom. The van der Waals surface area contributed by atoms with Crippen LogP contribution in [0.5, 0.6) is 11.5 Å². The molecule has 3 heteroatoms. The van der Waals surface area contributed by atoms with Gasteiger partial charge in [0.2, 0.25) is 0 Å². The molecule has 22 heavy (non-hydrogen) atoms. The molecule has 0 radical (unpaired) electrons. The van der Waals surface area contributed by atoms with E-state index in [4.69, 9.17) is 9.47 Å². The molecule has 0 aliphatic heterocycles. The van der Waals surface area contributed by atoms with E-state index in [0.29, 0.717) is 5.75 Å². The van der Waals surface area contributed by atoms with Gasteiger partial charge in [-0.05, 0) is 50.3 Å². The highest BCUT2D eigenvalue weighted by Crippen LogP contribution is 2.42. The summed E-state index contributed by atoms with van der Waals surface area (Å²) in [4.78, 5) is 11.5. The van der Waals surface area contributed by atoms with Gasteiger partial charge in [0.25, 0.3) is 0 Å². The lowest BCUT2D eigenvalue weighted by Gasteiger charge is -2.24. The molecule has 3 nitrogen and oxygen atoms in total. The minimum absolute atomic E-state index is 0.258. The van der Waals surface area contributed by atoms with Crippen LogP contribution in [-0.4, -0.2) is 13.1 Å². The van der Waals surface area contributed by atoms with Gasteiger partial charge in [0.05, 0.1) is 7.11 Å². The van der Waals surface area contributed by atoms with Gasteiger partial charge < -0.3 is 9.47 Å². The molecule has 0 fully saturated rings. The number of allylic oxidation sites excluding steroid dienone is 2. The van der Waals surface area contributed by atoms with Crippen molar-refractivity contribution in [2.24, 2.45) is 0 Å². The number of hydrogen-bond donors (Lipinski definition) is 0. The van der Waals surface area contributed by atoms with E-state index in [0.717, 1.165) is 49.0 Å². The Balaban J connectivity index is 2.52. The molecule has 0 bridgehead atoms. The van der Waals surface area contributed by atoms with Gasteiger partial charge in [0.1, 0.15) is 11.5 Å². The summed E-state index contributed by atoms with van der Waals surface area (Å²) >= 11 is 0. The molecule has 1 aromatic carbocycles. The first-order valence-electron chi connectivity index (χ1n) is 8.11. The fourth-order valence-corrected chi connectivity index (χ4v) is 3.20. The standard InChI is InChI=1S/C19H26O3/c1-5-7-15-11-17(21-4)19(18(12-15)22-14(3)20)16-9-6-8-13(2)10-16/h10-12,16H,5-9H2,1-4H3. The Hall–Kier alpha value is -1.77. The normalized spacial score (nSPS) is 17.8.